The standard InChI is InChI=1S/C12H24N2O2/c1-3-6-13-9-12(15)14-8-10-5-7-16-11(10)4-2/h10-11,13H,3-9H2,1-2H3,(H,14,15). The Kier molecular flexibility index (Phi) is 6.42. The number of amides is 1. The van der Waals surface area contributed by atoms with E-state index in [1.165, 1.54) is 0 Å². The molecule has 4 heteroatoms. The van der Waals surface area contributed by atoms with Crippen molar-refractivity contribution in [1.82, 2.24) is 10.6 Å². The zero-order valence-electron chi connectivity index (χ0n) is 10.4. The third kappa shape index (κ3) is 4.49. The fraction of sp³-hybridized carbons (Fsp3) is 0.917. The molecule has 1 amide bonds. The molecule has 0 aromatic heterocycles. The Morgan fingerprint density at radius 2 is 2.25 bits per heavy atom. The molecule has 16 heavy (non-hydrogen) atoms. The van der Waals surface area contributed by atoms with Crippen LogP contribution in [-0.2, 0) is 9.53 Å². The van der Waals surface area contributed by atoms with Crippen molar-refractivity contribution in [2.45, 2.75) is 39.2 Å². The summed E-state index contributed by atoms with van der Waals surface area (Å²) in [6, 6.07) is 0. The molecule has 1 rings (SSSR count). The summed E-state index contributed by atoms with van der Waals surface area (Å²) in [5, 5.41) is 6.06. The van der Waals surface area contributed by atoms with E-state index in [1.54, 1.807) is 0 Å². The summed E-state index contributed by atoms with van der Waals surface area (Å²) >= 11 is 0. The highest BCUT2D eigenvalue weighted by Gasteiger charge is 2.26. The van der Waals surface area contributed by atoms with E-state index < -0.39 is 0 Å². The molecule has 0 saturated carbocycles. The van der Waals surface area contributed by atoms with E-state index in [0.717, 1.165) is 39.0 Å². The van der Waals surface area contributed by atoms with Crippen molar-refractivity contribution in [2.24, 2.45) is 5.92 Å². The third-order valence-corrected chi connectivity index (χ3v) is 3.02. The van der Waals surface area contributed by atoms with Gasteiger partial charge in [0.1, 0.15) is 0 Å². The van der Waals surface area contributed by atoms with Gasteiger partial charge in [0, 0.05) is 19.1 Å². The Balaban J connectivity index is 2.11. The van der Waals surface area contributed by atoms with Gasteiger partial charge in [-0.15, -0.1) is 0 Å². The molecule has 4 nitrogen and oxygen atoms in total. The van der Waals surface area contributed by atoms with Crippen molar-refractivity contribution in [3.05, 3.63) is 0 Å². The molecule has 1 aliphatic rings. The van der Waals surface area contributed by atoms with E-state index in [1.807, 2.05) is 0 Å². The molecule has 0 spiro atoms. The van der Waals surface area contributed by atoms with Gasteiger partial charge in [-0.25, -0.2) is 0 Å². The lowest BCUT2D eigenvalue weighted by Crippen LogP contribution is -2.38. The van der Waals surface area contributed by atoms with E-state index in [0.29, 0.717) is 18.6 Å². The van der Waals surface area contributed by atoms with Crippen LogP contribution in [0.5, 0.6) is 0 Å². The van der Waals surface area contributed by atoms with Crippen LogP contribution in [0.15, 0.2) is 0 Å². The number of hydrogen-bond acceptors (Lipinski definition) is 3. The molecule has 2 N–H and O–H groups in total. The topological polar surface area (TPSA) is 50.4 Å². The van der Waals surface area contributed by atoms with Crippen LogP contribution in [0.25, 0.3) is 0 Å². The van der Waals surface area contributed by atoms with Gasteiger partial charge in [0.25, 0.3) is 0 Å². The van der Waals surface area contributed by atoms with E-state index in [4.69, 9.17) is 4.74 Å². The molecule has 1 saturated heterocycles. The first kappa shape index (κ1) is 13.5. The Labute approximate surface area is 98.1 Å². The maximum atomic E-state index is 11.5. The second kappa shape index (κ2) is 7.63. The lowest BCUT2D eigenvalue weighted by atomic mass is 10.00. The lowest BCUT2D eigenvalue weighted by Gasteiger charge is -2.17. The van der Waals surface area contributed by atoms with E-state index >= 15 is 0 Å². The summed E-state index contributed by atoms with van der Waals surface area (Å²) in [5.74, 6) is 0.593. The summed E-state index contributed by atoms with van der Waals surface area (Å²) < 4.78 is 5.58. The summed E-state index contributed by atoms with van der Waals surface area (Å²) in [4.78, 5) is 11.5. The minimum Gasteiger partial charge on any atom is -0.378 e. The Morgan fingerprint density at radius 1 is 1.44 bits per heavy atom. The van der Waals surface area contributed by atoms with Crippen LogP contribution in [-0.4, -0.2) is 38.3 Å². The number of rotatable bonds is 7. The first-order valence-electron chi connectivity index (χ1n) is 6.37. The Hall–Kier alpha value is -0.610. The maximum absolute atomic E-state index is 11.5. The first-order valence-corrected chi connectivity index (χ1v) is 6.37. The molecular weight excluding hydrogens is 204 g/mol. The normalized spacial score (nSPS) is 24.6. The van der Waals surface area contributed by atoms with Gasteiger partial charge in [0.2, 0.25) is 5.91 Å². The smallest absolute Gasteiger partial charge is 0.233 e. The lowest BCUT2D eigenvalue weighted by molar-refractivity contribution is -0.120. The monoisotopic (exact) mass is 228 g/mol. The van der Waals surface area contributed by atoms with Crippen LogP contribution in [0.1, 0.15) is 33.1 Å². The molecule has 94 valence electrons. The molecule has 0 radical (unpaired) electrons. The van der Waals surface area contributed by atoms with Gasteiger partial charge in [-0.05, 0) is 25.8 Å². The van der Waals surface area contributed by atoms with Crippen LogP contribution >= 0.6 is 0 Å². The van der Waals surface area contributed by atoms with Crippen LogP contribution in [0.3, 0.4) is 0 Å². The Morgan fingerprint density at radius 3 is 2.94 bits per heavy atom. The average molecular weight is 228 g/mol. The molecule has 0 aromatic carbocycles. The predicted octanol–water partition coefficient (Wildman–Crippen LogP) is 0.917. The van der Waals surface area contributed by atoms with Gasteiger partial charge < -0.3 is 15.4 Å². The van der Waals surface area contributed by atoms with Gasteiger partial charge in [-0.2, -0.15) is 0 Å². The molecule has 2 unspecified atom stereocenters. The fourth-order valence-corrected chi connectivity index (χ4v) is 2.06. The minimum absolute atomic E-state index is 0.0928. The van der Waals surface area contributed by atoms with E-state index in [2.05, 4.69) is 24.5 Å². The van der Waals surface area contributed by atoms with E-state index in [9.17, 15) is 4.79 Å². The van der Waals surface area contributed by atoms with Gasteiger partial charge in [-0.3, -0.25) is 4.79 Å². The molecule has 0 aliphatic carbocycles. The average Bonchev–Trinajstić information content (AvgIpc) is 2.74. The predicted molar refractivity (Wildman–Crippen MR) is 64.3 cm³/mol. The second-order valence-electron chi connectivity index (χ2n) is 4.35. The zero-order valence-corrected chi connectivity index (χ0v) is 10.4. The molecular formula is C12H24N2O2. The van der Waals surface area contributed by atoms with Gasteiger partial charge >= 0.3 is 0 Å². The zero-order chi connectivity index (χ0) is 11.8. The number of ether oxygens (including phenoxy) is 1. The maximum Gasteiger partial charge on any atom is 0.233 e. The number of carbonyl (C=O) groups excluding carboxylic acids is 1. The minimum atomic E-state index is 0.0928. The van der Waals surface area contributed by atoms with Gasteiger partial charge in [-0.1, -0.05) is 13.8 Å². The van der Waals surface area contributed by atoms with Crippen LogP contribution in [0.2, 0.25) is 0 Å². The molecule has 1 aliphatic heterocycles. The van der Waals surface area contributed by atoms with Crippen LogP contribution in [0.4, 0.5) is 0 Å². The van der Waals surface area contributed by atoms with Gasteiger partial charge in [0.15, 0.2) is 0 Å². The van der Waals surface area contributed by atoms with Gasteiger partial charge in [0.05, 0.1) is 12.6 Å². The summed E-state index contributed by atoms with van der Waals surface area (Å²) in [6.45, 7) is 7.15. The summed E-state index contributed by atoms with van der Waals surface area (Å²) in [6.07, 6.45) is 3.50. The largest absolute Gasteiger partial charge is 0.378 e. The Bertz CT molecular complexity index is 209. The summed E-state index contributed by atoms with van der Waals surface area (Å²) in [7, 11) is 0. The highest BCUT2D eigenvalue weighted by molar-refractivity contribution is 5.77. The van der Waals surface area contributed by atoms with E-state index in [-0.39, 0.29) is 5.91 Å². The van der Waals surface area contributed by atoms with Crippen LogP contribution < -0.4 is 10.6 Å². The first-order chi connectivity index (χ1) is 7.77. The number of hydrogen-bond donors (Lipinski definition) is 2. The molecule has 2 atom stereocenters. The summed E-state index contributed by atoms with van der Waals surface area (Å²) in [5.41, 5.74) is 0. The van der Waals surface area contributed by atoms with Crippen molar-refractivity contribution < 1.29 is 9.53 Å². The molecule has 0 bridgehead atoms. The molecule has 1 heterocycles. The number of nitrogens with one attached hydrogen (secondary N) is 2. The fourth-order valence-electron chi connectivity index (χ4n) is 2.06. The molecule has 0 aromatic rings. The van der Waals surface area contributed by atoms with Crippen molar-refractivity contribution in [3.63, 3.8) is 0 Å². The second-order valence-corrected chi connectivity index (χ2v) is 4.35. The molecule has 1 fully saturated rings. The van der Waals surface area contributed by atoms with Crippen molar-refractivity contribution >= 4 is 5.91 Å². The van der Waals surface area contributed by atoms with Crippen LogP contribution in [0, 0.1) is 5.92 Å². The highest BCUT2D eigenvalue weighted by Crippen LogP contribution is 2.22. The third-order valence-electron chi connectivity index (χ3n) is 3.02. The highest BCUT2D eigenvalue weighted by atomic mass is 16.5. The quantitative estimate of drug-likeness (QED) is 0.637. The number of carbonyl (C=O) groups is 1. The van der Waals surface area contributed by atoms with Crippen molar-refractivity contribution in [2.75, 3.05) is 26.2 Å². The SMILES string of the molecule is CCCNCC(=O)NCC1CCOC1CC. The van der Waals surface area contributed by atoms with Crippen molar-refractivity contribution in [1.29, 1.82) is 0 Å². The van der Waals surface area contributed by atoms with Crippen molar-refractivity contribution in [3.8, 4) is 0 Å².